The highest BCUT2D eigenvalue weighted by Crippen LogP contribution is 2.41. The minimum absolute atomic E-state index is 0.0343. The molecule has 190 valence electrons. The van der Waals surface area contributed by atoms with Gasteiger partial charge in [0.05, 0.1) is 18.9 Å². The molecule has 1 aromatic carbocycles. The molecule has 5 heterocycles. The third-order valence-corrected chi connectivity index (χ3v) is 8.64. The largest absolute Gasteiger partial charge is 0.381 e. The molecule has 7 nitrogen and oxygen atoms in total. The van der Waals surface area contributed by atoms with Gasteiger partial charge in [-0.2, -0.15) is 5.10 Å². The van der Waals surface area contributed by atoms with E-state index in [0.29, 0.717) is 32.0 Å². The third-order valence-electron chi connectivity index (χ3n) is 7.54. The van der Waals surface area contributed by atoms with Crippen molar-refractivity contribution in [1.29, 1.82) is 0 Å². The number of rotatable bonds is 4. The number of nitrogens with one attached hydrogen (secondary N) is 1. The number of amides is 1. The van der Waals surface area contributed by atoms with Gasteiger partial charge in [-0.25, -0.2) is 0 Å². The molecule has 1 aromatic heterocycles. The van der Waals surface area contributed by atoms with Gasteiger partial charge in [0.1, 0.15) is 5.69 Å². The zero-order chi connectivity index (χ0) is 23.9. The summed E-state index contributed by atoms with van der Waals surface area (Å²) < 4.78 is 10.7. The first-order valence-electron chi connectivity index (χ1n) is 13.3. The standard InChI is InChI=1S/C15H15N3O2S.C12H23NO/c19-15(18-5-7-20-8-6-18)14-11-9-21-12-4-2-1-3-10(12)13(11)16-17-14;1-2-7-13(8-3-1)9-4-12-5-10-14-11-6-12/h1-4H,5-9H2,(H,16,17);12H,1-11H2. The van der Waals surface area contributed by atoms with Crippen LogP contribution in [-0.4, -0.2) is 85.1 Å². The first-order valence-corrected chi connectivity index (χ1v) is 14.2. The fraction of sp³-hybridized carbons (Fsp3) is 0.630. The smallest absolute Gasteiger partial charge is 0.272 e. The second-order valence-electron chi connectivity index (χ2n) is 9.86. The molecule has 0 saturated carbocycles. The number of thioether (sulfide) groups is 1. The maximum atomic E-state index is 12.6. The second kappa shape index (κ2) is 12.4. The average molecular weight is 499 g/mol. The van der Waals surface area contributed by atoms with Gasteiger partial charge < -0.3 is 19.3 Å². The maximum absolute atomic E-state index is 12.6. The first kappa shape index (κ1) is 24.8. The lowest BCUT2D eigenvalue weighted by molar-refractivity contribution is 0.0298. The molecule has 0 unspecified atom stereocenters. The Morgan fingerprint density at radius 3 is 2.54 bits per heavy atom. The molecular formula is C27H38N4O3S. The first-order chi connectivity index (χ1) is 17.3. The van der Waals surface area contributed by atoms with Gasteiger partial charge in [0.25, 0.3) is 5.91 Å². The van der Waals surface area contributed by atoms with Crippen LogP contribution in [0.2, 0.25) is 0 Å². The number of aromatic nitrogens is 2. The molecule has 0 aliphatic carbocycles. The minimum Gasteiger partial charge on any atom is -0.381 e. The van der Waals surface area contributed by atoms with Crippen LogP contribution in [0.5, 0.6) is 0 Å². The number of hydrogen-bond acceptors (Lipinski definition) is 6. The number of carbonyl (C=O) groups is 1. The van der Waals surface area contributed by atoms with E-state index >= 15 is 0 Å². The van der Waals surface area contributed by atoms with Gasteiger partial charge >= 0.3 is 0 Å². The number of benzene rings is 1. The zero-order valence-corrected chi connectivity index (χ0v) is 21.5. The zero-order valence-electron chi connectivity index (χ0n) is 20.7. The van der Waals surface area contributed by atoms with Crippen molar-refractivity contribution in [2.24, 2.45) is 5.92 Å². The number of nitrogens with zero attached hydrogens (tertiary/aromatic N) is 3. The summed E-state index contributed by atoms with van der Waals surface area (Å²) in [6.45, 7) is 8.57. The molecule has 1 amide bonds. The Morgan fingerprint density at radius 2 is 1.74 bits per heavy atom. The van der Waals surface area contributed by atoms with Crippen LogP contribution >= 0.6 is 11.8 Å². The molecule has 0 radical (unpaired) electrons. The van der Waals surface area contributed by atoms with E-state index < -0.39 is 0 Å². The molecule has 3 fully saturated rings. The highest BCUT2D eigenvalue weighted by atomic mass is 32.2. The van der Waals surface area contributed by atoms with E-state index in [-0.39, 0.29) is 5.91 Å². The Balaban J connectivity index is 0.000000158. The minimum atomic E-state index is 0.0343. The summed E-state index contributed by atoms with van der Waals surface area (Å²) in [6, 6.07) is 8.20. The van der Waals surface area contributed by atoms with Gasteiger partial charge in [0.2, 0.25) is 0 Å². The van der Waals surface area contributed by atoms with E-state index in [2.05, 4.69) is 27.2 Å². The fourth-order valence-corrected chi connectivity index (χ4v) is 6.43. The predicted octanol–water partition coefficient (Wildman–Crippen LogP) is 4.44. The van der Waals surface area contributed by atoms with Crippen molar-refractivity contribution in [2.75, 3.05) is 59.2 Å². The van der Waals surface area contributed by atoms with Crippen LogP contribution < -0.4 is 0 Å². The molecule has 4 aliphatic heterocycles. The van der Waals surface area contributed by atoms with Crippen molar-refractivity contribution in [3.05, 3.63) is 35.5 Å². The number of morpholine rings is 1. The number of likely N-dealkylation sites (tertiary alicyclic amines) is 1. The highest BCUT2D eigenvalue weighted by molar-refractivity contribution is 7.98. The number of H-pyrrole nitrogens is 1. The summed E-state index contributed by atoms with van der Waals surface area (Å²) >= 11 is 1.76. The summed E-state index contributed by atoms with van der Waals surface area (Å²) in [5, 5.41) is 7.36. The lowest BCUT2D eigenvalue weighted by Gasteiger charge is -2.29. The number of carbonyl (C=O) groups excluding carboxylic acids is 1. The van der Waals surface area contributed by atoms with E-state index in [0.717, 1.165) is 41.7 Å². The molecular weight excluding hydrogens is 460 g/mol. The lowest BCUT2D eigenvalue weighted by atomic mass is 9.96. The summed E-state index contributed by atoms with van der Waals surface area (Å²) in [5.74, 6) is 1.77. The fourth-order valence-electron chi connectivity index (χ4n) is 5.35. The van der Waals surface area contributed by atoms with E-state index in [1.165, 1.54) is 63.1 Å². The Hall–Kier alpha value is -1.87. The van der Waals surface area contributed by atoms with Crippen LogP contribution in [0, 0.1) is 5.92 Å². The molecule has 4 aliphatic rings. The molecule has 6 rings (SSSR count). The number of aromatic amines is 1. The van der Waals surface area contributed by atoms with Gasteiger partial charge in [0.15, 0.2) is 0 Å². The Labute approximate surface area is 212 Å². The second-order valence-corrected chi connectivity index (χ2v) is 10.9. The van der Waals surface area contributed by atoms with Crippen molar-refractivity contribution in [2.45, 2.75) is 49.2 Å². The molecule has 0 atom stereocenters. The number of ether oxygens (including phenoxy) is 2. The van der Waals surface area contributed by atoms with Gasteiger partial charge in [-0.15, -0.1) is 11.8 Å². The molecule has 2 aromatic rings. The molecule has 3 saturated heterocycles. The average Bonchev–Trinajstić information content (AvgIpc) is 3.38. The molecule has 0 spiro atoms. The molecule has 35 heavy (non-hydrogen) atoms. The molecule has 0 bridgehead atoms. The maximum Gasteiger partial charge on any atom is 0.272 e. The quantitative estimate of drug-likeness (QED) is 0.672. The van der Waals surface area contributed by atoms with Crippen molar-refractivity contribution < 1.29 is 14.3 Å². The monoisotopic (exact) mass is 498 g/mol. The Bertz CT molecular complexity index is 945. The number of fused-ring (bicyclic) bond motifs is 3. The molecule has 8 heteroatoms. The van der Waals surface area contributed by atoms with E-state index in [9.17, 15) is 4.79 Å². The van der Waals surface area contributed by atoms with Crippen LogP contribution in [0.4, 0.5) is 0 Å². The normalized spacial score (nSPS) is 21.0. The summed E-state index contributed by atoms with van der Waals surface area (Å²) in [7, 11) is 0. The van der Waals surface area contributed by atoms with Gasteiger partial charge in [-0.05, 0) is 63.7 Å². The van der Waals surface area contributed by atoms with Crippen LogP contribution in [0.3, 0.4) is 0 Å². The Kier molecular flexibility index (Phi) is 8.78. The highest BCUT2D eigenvalue weighted by Gasteiger charge is 2.28. The van der Waals surface area contributed by atoms with Crippen LogP contribution in [0.15, 0.2) is 29.2 Å². The number of hydrogen-bond donors (Lipinski definition) is 1. The Morgan fingerprint density at radius 1 is 1.00 bits per heavy atom. The van der Waals surface area contributed by atoms with E-state index in [1.807, 2.05) is 17.0 Å². The topological polar surface area (TPSA) is 70.7 Å². The van der Waals surface area contributed by atoms with Crippen LogP contribution in [0.25, 0.3) is 11.3 Å². The van der Waals surface area contributed by atoms with E-state index in [4.69, 9.17) is 9.47 Å². The third kappa shape index (κ3) is 6.28. The predicted molar refractivity (Wildman–Crippen MR) is 139 cm³/mol. The van der Waals surface area contributed by atoms with Crippen molar-refractivity contribution in [3.63, 3.8) is 0 Å². The number of piperidine rings is 1. The van der Waals surface area contributed by atoms with Gasteiger partial charge in [0, 0.05) is 48.1 Å². The molecule has 1 N–H and O–H groups in total. The van der Waals surface area contributed by atoms with Crippen LogP contribution in [-0.2, 0) is 15.2 Å². The summed E-state index contributed by atoms with van der Waals surface area (Å²) in [4.78, 5) is 18.3. The van der Waals surface area contributed by atoms with Gasteiger partial charge in [-0.3, -0.25) is 9.89 Å². The van der Waals surface area contributed by atoms with Crippen molar-refractivity contribution in [3.8, 4) is 11.3 Å². The van der Waals surface area contributed by atoms with E-state index in [1.54, 1.807) is 11.8 Å². The van der Waals surface area contributed by atoms with Crippen molar-refractivity contribution >= 4 is 17.7 Å². The summed E-state index contributed by atoms with van der Waals surface area (Å²) in [5.41, 5.74) is 3.69. The van der Waals surface area contributed by atoms with Crippen LogP contribution in [0.1, 0.15) is 54.6 Å². The SMILES string of the molecule is C1CCN(CCC2CCOCC2)CC1.O=C(c1[nH]nc2c1CSc1ccccc1-2)N1CCOCC1. The van der Waals surface area contributed by atoms with Gasteiger partial charge in [-0.1, -0.05) is 24.6 Å². The van der Waals surface area contributed by atoms with Crippen molar-refractivity contribution in [1.82, 2.24) is 20.0 Å². The summed E-state index contributed by atoms with van der Waals surface area (Å²) in [6.07, 6.45) is 8.31. The lowest BCUT2D eigenvalue weighted by Crippen LogP contribution is -2.41.